The molecule has 0 saturated carbocycles. The molecule has 1 aromatic heterocycles. The second-order valence-corrected chi connectivity index (χ2v) is 7.16. The quantitative estimate of drug-likeness (QED) is 0.920. The summed E-state index contributed by atoms with van der Waals surface area (Å²) in [6.45, 7) is 7.18. The van der Waals surface area contributed by atoms with Crippen LogP contribution in [-0.4, -0.2) is 31.5 Å². The summed E-state index contributed by atoms with van der Waals surface area (Å²) in [5.41, 5.74) is 1.66. The first-order valence-electron chi connectivity index (χ1n) is 6.59. The highest BCUT2D eigenvalue weighted by Gasteiger charge is 2.40. The lowest BCUT2D eigenvalue weighted by Crippen LogP contribution is -2.37. The van der Waals surface area contributed by atoms with E-state index in [-0.39, 0.29) is 0 Å². The molecular weight excluding hydrogens is 312 g/mol. The van der Waals surface area contributed by atoms with Gasteiger partial charge in [-0.1, -0.05) is 13.8 Å². The van der Waals surface area contributed by atoms with Crippen LogP contribution < -0.4 is 0 Å². The predicted molar refractivity (Wildman–Crippen MR) is 80.2 cm³/mol. The van der Waals surface area contributed by atoms with Gasteiger partial charge in [0.1, 0.15) is 0 Å². The molecule has 1 aliphatic heterocycles. The van der Waals surface area contributed by atoms with Gasteiger partial charge in [-0.2, -0.15) is 16.9 Å². The molecule has 0 aliphatic carbocycles. The molecule has 0 spiro atoms. The number of hydrogen-bond donors (Lipinski definition) is 1. The van der Waals surface area contributed by atoms with Crippen LogP contribution in [0.3, 0.4) is 0 Å². The highest BCUT2D eigenvalue weighted by molar-refractivity contribution is 9.10. The maximum Gasteiger partial charge on any atom is 0.0826 e. The third kappa shape index (κ3) is 2.49. The molecule has 3 nitrogen and oxygen atoms in total. The van der Waals surface area contributed by atoms with Crippen LogP contribution in [0, 0.1) is 0 Å². The Hall–Kier alpha value is -0.000000000000000111. The molecule has 2 rings (SSSR count). The van der Waals surface area contributed by atoms with E-state index in [1.165, 1.54) is 0 Å². The molecule has 1 aliphatic rings. The Labute approximate surface area is 121 Å². The van der Waals surface area contributed by atoms with E-state index in [0.29, 0.717) is 11.7 Å². The van der Waals surface area contributed by atoms with Gasteiger partial charge in [0.2, 0.25) is 0 Å². The average molecular weight is 333 g/mol. The molecule has 18 heavy (non-hydrogen) atoms. The molecule has 0 radical (unpaired) electrons. The number of aromatic nitrogens is 2. The smallest absolute Gasteiger partial charge is 0.0826 e. The third-order valence-electron chi connectivity index (χ3n) is 3.83. The second kappa shape index (κ2) is 5.55. The molecule has 0 aromatic carbocycles. The van der Waals surface area contributed by atoms with E-state index in [9.17, 15) is 5.11 Å². The molecule has 5 heteroatoms. The first kappa shape index (κ1) is 14.4. The van der Waals surface area contributed by atoms with Crippen molar-refractivity contribution in [3.63, 3.8) is 0 Å². The molecule has 1 aromatic rings. The standard InChI is InChI=1S/C13H21BrN2OS/c1-4-10-12(14)11(16(5-2)15-10)8-13(17)6-7-18-9(13)3/h9,17H,4-8H2,1-3H3. The van der Waals surface area contributed by atoms with Crippen molar-refractivity contribution in [1.82, 2.24) is 9.78 Å². The number of aliphatic hydroxyl groups is 1. The van der Waals surface area contributed by atoms with Gasteiger partial charge in [-0.05, 0) is 41.4 Å². The number of thioether (sulfide) groups is 1. The largest absolute Gasteiger partial charge is 0.388 e. The highest BCUT2D eigenvalue weighted by Crippen LogP contribution is 2.39. The Bertz CT molecular complexity index is 435. The van der Waals surface area contributed by atoms with Gasteiger partial charge in [0.15, 0.2) is 0 Å². The average Bonchev–Trinajstić information content (AvgIpc) is 2.83. The molecule has 2 atom stereocenters. The van der Waals surface area contributed by atoms with E-state index in [1.807, 2.05) is 16.4 Å². The number of nitrogens with zero attached hydrogens (tertiary/aromatic N) is 2. The summed E-state index contributed by atoms with van der Waals surface area (Å²) in [5.74, 6) is 1.05. The van der Waals surface area contributed by atoms with E-state index in [0.717, 1.165) is 41.0 Å². The molecule has 2 heterocycles. The predicted octanol–water partition coefficient (Wildman–Crippen LogP) is 3.03. The first-order chi connectivity index (χ1) is 8.51. The molecule has 0 bridgehead atoms. The van der Waals surface area contributed by atoms with Gasteiger partial charge in [0.05, 0.1) is 21.5 Å². The zero-order valence-corrected chi connectivity index (χ0v) is 13.6. The van der Waals surface area contributed by atoms with Crippen molar-refractivity contribution >= 4 is 27.7 Å². The van der Waals surface area contributed by atoms with E-state index in [4.69, 9.17) is 0 Å². The van der Waals surface area contributed by atoms with Gasteiger partial charge < -0.3 is 5.11 Å². The summed E-state index contributed by atoms with van der Waals surface area (Å²) in [7, 11) is 0. The second-order valence-electron chi connectivity index (χ2n) is 4.92. The number of aryl methyl sites for hydroxylation is 2. The lowest BCUT2D eigenvalue weighted by molar-refractivity contribution is 0.0442. The van der Waals surface area contributed by atoms with E-state index in [1.54, 1.807) is 0 Å². The summed E-state index contributed by atoms with van der Waals surface area (Å²) >= 11 is 5.51. The first-order valence-corrected chi connectivity index (χ1v) is 8.44. The van der Waals surface area contributed by atoms with Crippen LogP contribution >= 0.6 is 27.7 Å². The Balaban J connectivity index is 2.30. The summed E-state index contributed by atoms with van der Waals surface area (Å²) in [6.07, 6.45) is 2.49. The molecule has 1 saturated heterocycles. The number of rotatable bonds is 4. The van der Waals surface area contributed by atoms with Crippen molar-refractivity contribution in [2.75, 3.05) is 5.75 Å². The summed E-state index contributed by atoms with van der Waals surface area (Å²) in [5, 5.41) is 15.7. The zero-order chi connectivity index (χ0) is 13.3. The van der Waals surface area contributed by atoms with Crippen molar-refractivity contribution in [3.8, 4) is 0 Å². The monoisotopic (exact) mass is 332 g/mol. The molecule has 1 N–H and O–H groups in total. The van der Waals surface area contributed by atoms with Crippen molar-refractivity contribution in [3.05, 3.63) is 15.9 Å². The Kier molecular flexibility index (Phi) is 4.44. The fourth-order valence-corrected chi connectivity index (χ4v) is 4.52. The normalized spacial score (nSPS) is 27.9. The van der Waals surface area contributed by atoms with Crippen LogP contribution in [0.5, 0.6) is 0 Å². The van der Waals surface area contributed by atoms with Gasteiger partial charge in [-0.15, -0.1) is 0 Å². The maximum absolute atomic E-state index is 10.8. The van der Waals surface area contributed by atoms with Crippen molar-refractivity contribution in [2.24, 2.45) is 0 Å². The minimum atomic E-state index is -0.578. The van der Waals surface area contributed by atoms with Crippen molar-refractivity contribution in [2.45, 2.75) is 57.4 Å². The SMILES string of the molecule is CCc1nn(CC)c(CC2(O)CCSC2C)c1Br. The summed E-state index contributed by atoms with van der Waals surface area (Å²) in [6, 6.07) is 0. The summed E-state index contributed by atoms with van der Waals surface area (Å²) in [4.78, 5) is 0. The fraction of sp³-hybridized carbons (Fsp3) is 0.769. The van der Waals surface area contributed by atoms with Crippen molar-refractivity contribution < 1.29 is 5.11 Å². The van der Waals surface area contributed by atoms with Gasteiger partial charge in [0.25, 0.3) is 0 Å². The highest BCUT2D eigenvalue weighted by atomic mass is 79.9. The Morgan fingerprint density at radius 2 is 2.28 bits per heavy atom. The van der Waals surface area contributed by atoms with Gasteiger partial charge >= 0.3 is 0 Å². The van der Waals surface area contributed by atoms with Gasteiger partial charge in [-0.25, -0.2) is 0 Å². The van der Waals surface area contributed by atoms with Gasteiger partial charge in [-0.3, -0.25) is 4.68 Å². The van der Waals surface area contributed by atoms with E-state index >= 15 is 0 Å². The van der Waals surface area contributed by atoms with E-state index < -0.39 is 5.60 Å². The number of hydrogen-bond acceptors (Lipinski definition) is 3. The third-order valence-corrected chi connectivity index (χ3v) is 6.12. The van der Waals surface area contributed by atoms with Gasteiger partial charge in [0, 0.05) is 18.2 Å². The Morgan fingerprint density at radius 3 is 2.78 bits per heavy atom. The topological polar surface area (TPSA) is 38.0 Å². The van der Waals surface area contributed by atoms with Crippen LogP contribution in [0.1, 0.15) is 38.6 Å². The molecule has 2 unspecified atom stereocenters. The number of halogens is 1. The molecule has 0 amide bonds. The van der Waals surface area contributed by atoms with E-state index in [2.05, 4.69) is 41.8 Å². The maximum atomic E-state index is 10.8. The summed E-state index contributed by atoms with van der Waals surface area (Å²) < 4.78 is 3.11. The lowest BCUT2D eigenvalue weighted by Gasteiger charge is -2.27. The molecule has 102 valence electrons. The van der Waals surface area contributed by atoms with Crippen LogP contribution in [0.2, 0.25) is 0 Å². The van der Waals surface area contributed by atoms with Crippen LogP contribution in [0.25, 0.3) is 0 Å². The van der Waals surface area contributed by atoms with Crippen LogP contribution in [0.15, 0.2) is 4.47 Å². The fourth-order valence-electron chi connectivity index (χ4n) is 2.48. The van der Waals surface area contributed by atoms with Crippen LogP contribution in [-0.2, 0) is 19.4 Å². The molecule has 1 fully saturated rings. The minimum Gasteiger partial charge on any atom is -0.388 e. The lowest BCUT2D eigenvalue weighted by atomic mass is 9.91. The minimum absolute atomic E-state index is 0.301. The van der Waals surface area contributed by atoms with Crippen molar-refractivity contribution in [1.29, 1.82) is 0 Å². The molecular formula is C13H21BrN2OS. The van der Waals surface area contributed by atoms with Crippen LogP contribution in [0.4, 0.5) is 0 Å². The Morgan fingerprint density at radius 1 is 1.56 bits per heavy atom. The zero-order valence-electron chi connectivity index (χ0n) is 11.2.